The van der Waals surface area contributed by atoms with Crippen molar-refractivity contribution in [2.45, 2.75) is 0 Å². The molecule has 5 aromatic heterocycles. The van der Waals surface area contributed by atoms with E-state index < -0.39 is 0 Å². The number of nitrogens with zero attached hydrogens (tertiary/aromatic N) is 5. The second kappa shape index (κ2) is 12.5. The summed E-state index contributed by atoms with van der Waals surface area (Å²) in [6.07, 6.45) is 0. The molecule has 12 rings (SSSR count). The lowest BCUT2D eigenvalue weighted by molar-refractivity contribution is 0.667. The first-order valence-corrected chi connectivity index (χ1v) is 19.5. The van der Waals surface area contributed by atoms with Gasteiger partial charge in [0.2, 0.25) is 0 Å². The van der Waals surface area contributed by atoms with Crippen LogP contribution in [0.2, 0.25) is 0 Å². The molecule has 8 heteroatoms. The number of furan rings is 2. The van der Waals surface area contributed by atoms with Gasteiger partial charge in [-0.25, -0.2) is 24.9 Å². The Morgan fingerprint density at radius 1 is 0.368 bits per heavy atom. The summed E-state index contributed by atoms with van der Waals surface area (Å²) in [6.45, 7) is 0. The van der Waals surface area contributed by atoms with Gasteiger partial charge >= 0.3 is 0 Å². The van der Waals surface area contributed by atoms with Gasteiger partial charge in [0.15, 0.2) is 28.9 Å². The largest absolute Gasteiger partial charge is 0.456 e. The number of aromatic nitrogens is 5. The minimum absolute atomic E-state index is 0.579. The third-order valence-corrected chi connectivity index (χ3v) is 11.7. The van der Waals surface area contributed by atoms with Gasteiger partial charge in [0.25, 0.3) is 0 Å². The molecular weight excluding hydrogens is 723 g/mol. The van der Waals surface area contributed by atoms with Crippen LogP contribution in [-0.4, -0.2) is 24.9 Å². The number of fused-ring (bicyclic) bond motifs is 9. The van der Waals surface area contributed by atoms with Crippen molar-refractivity contribution < 1.29 is 8.83 Å². The molecule has 0 aliphatic carbocycles. The smallest absolute Gasteiger partial charge is 0.180 e. The Labute approximate surface area is 328 Å². The first kappa shape index (κ1) is 31.8. The number of hydrogen-bond acceptors (Lipinski definition) is 8. The van der Waals surface area contributed by atoms with Crippen LogP contribution in [0.1, 0.15) is 0 Å². The molecule has 12 aromatic rings. The quantitative estimate of drug-likeness (QED) is 0.173. The molecule has 0 unspecified atom stereocenters. The summed E-state index contributed by atoms with van der Waals surface area (Å²) in [6, 6.07) is 55.2. The summed E-state index contributed by atoms with van der Waals surface area (Å²) in [5.74, 6) is 2.41. The molecule has 0 fully saturated rings. The van der Waals surface area contributed by atoms with E-state index in [0.717, 1.165) is 92.1 Å². The number of thiophene rings is 1. The van der Waals surface area contributed by atoms with Crippen molar-refractivity contribution in [1.82, 2.24) is 24.9 Å². The molecule has 0 saturated carbocycles. The highest BCUT2D eigenvalue weighted by Crippen LogP contribution is 2.43. The number of rotatable bonds is 5. The first-order chi connectivity index (χ1) is 28.2. The van der Waals surface area contributed by atoms with Crippen molar-refractivity contribution in [3.63, 3.8) is 0 Å². The van der Waals surface area contributed by atoms with Crippen molar-refractivity contribution in [2.24, 2.45) is 0 Å². The Morgan fingerprint density at radius 3 is 1.72 bits per heavy atom. The molecular formula is C49H27N5O2S. The molecule has 0 spiro atoms. The monoisotopic (exact) mass is 749 g/mol. The Morgan fingerprint density at radius 2 is 0.965 bits per heavy atom. The first-order valence-electron chi connectivity index (χ1n) is 18.7. The fourth-order valence-electron chi connectivity index (χ4n) is 7.96. The molecule has 0 radical (unpaired) electrons. The van der Waals surface area contributed by atoms with E-state index in [2.05, 4.69) is 54.6 Å². The van der Waals surface area contributed by atoms with Gasteiger partial charge in [0, 0.05) is 64.1 Å². The lowest BCUT2D eigenvalue weighted by atomic mass is 10.0. The van der Waals surface area contributed by atoms with Gasteiger partial charge in [-0.2, -0.15) is 0 Å². The van der Waals surface area contributed by atoms with Gasteiger partial charge in [-0.1, -0.05) is 121 Å². The maximum absolute atomic E-state index is 6.51. The second-order valence-corrected chi connectivity index (χ2v) is 15.1. The molecule has 0 aliphatic rings. The van der Waals surface area contributed by atoms with E-state index >= 15 is 0 Å². The maximum atomic E-state index is 6.51. The van der Waals surface area contributed by atoms with Gasteiger partial charge in [-0.3, -0.25) is 0 Å². The zero-order valence-electron chi connectivity index (χ0n) is 30.0. The Kier molecular flexibility index (Phi) is 6.96. The number of benzene rings is 7. The summed E-state index contributed by atoms with van der Waals surface area (Å²) in [7, 11) is 0. The van der Waals surface area contributed by atoms with Crippen LogP contribution in [0.4, 0.5) is 0 Å². The van der Waals surface area contributed by atoms with E-state index in [1.165, 1.54) is 0 Å². The third kappa shape index (κ3) is 5.08. The maximum Gasteiger partial charge on any atom is 0.180 e. The van der Waals surface area contributed by atoms with Crippen LogP contribution < -0.4 is 0 Å². The van der Waals surface area contributed by atoms with Crippen molar-refractivity contribution in [1.29, 1.82) is 0 Å². The van der Waals surface area contributed by atoms with E-state index in [9.17, 15) is 0 Å². The lowest BCUT2D eigenvalue weighted by Gasteiger charge is -2.10. The molecule has 7 nitrogen and oxygen atoms in total. The van der Waals surface area contributed by atoms with Gasteiger partial charge in [-0.15, -0.1) is 11.3 Å². The third-order valence-electron chi connectivity index (χ3n) is 10.6. The van der Waals surface area contributed by atoms with E-state index in [4.69, 9.17) is 33.8 Å². The summed E-state index contributed by atoms with van der Waals surface area (Å²) in [5.41, 5.74) is 9.15. The Balaban J connectivity index is 1.10. The standard InChI is InChI=1S/C49H27N5O2S/c1-3-13-28(14-4-1)46-50-43(45-44(51-46)32-18-8-10-22-37(32)56-45)30-25-26-39-35(27-30)42-34(20-12-24-40(42)57-39)49-53-47(29-15-5-2-6-16-29)52-48(54-49)33-19-11-23-38-41(33)31-17-7-9-21-36(31)55-38/h1-27H. The van der Waals surface area contributed by atoms with Crippen molar-refractivity contribution >= 4 is 75.5 Å². The van der Waals surface area contributed by atoms with Gasteiger partial charge in [0.1, 0.15) is 28.0 Å². The van der Waals surface area contributed by atoms with Crippen LogP contribution in [0.3, 0.4) is 0 Å². The van der Waals surface area contributed by atoms with Gasteiger partial charge < -0.3 is 8.83 Å². The minimum Gasteiger partial charge on any atom is -0.456 e. The molecule has 0 amide bonds. The van der Waals surface area contributed by atoms with Crippen molar-refractivity contribution in [2.75, 3.05) is 0 Å². The normalized spacial score (nSPS) is 11.9. The molecule has 0 atom stereocenters. The fraction of sp³-hybridized carbons (Fsp3) is 0. The summed E-state index contributed by atoms with van der Waals surface area (Å²) < 4.78 is 15.1. The molecule has 7 aromatic carbocycles. The molecule has 0 bridgehead atoms. The van der Waals surface area contributed by atoms with Crippen LogP contribution in [-0.2, 0) is 0 Å². The highest BCUT2D eigenvalue weighted by atomic mass is 32.1. The van der Waals surface area contributed by atoms with Crippen LogP contribution in [0.5, 0.6) is 0 Å². The fourth-order valence-corrected chi connectivity index (χ4v) is 9.07. The van der Waals surface area contributed by atoms with E-state index in [0.29, 0.717) is 28.9 Å². The lowest BCUT2D eigenvalue weighted by Crippen LogP contribution is -2.00. The molecule has 57 heavy (non-hydrogen) atoms. The number of para-hydroxylation sites is 2. The van der Waals surface area contributed by atoms with E-state index in [1.54, 1.807) is 11.3 Å². The zero-order valence-corrected chi connectivity index (χ0v) is 30.9. The molecule has 266 valence electrons. The van der Waals surface area contributed by atoms with Crippen LogP contribution >= 0.6 is 11.3 Å². The summed E-state index contributed by atoms with van der Waals surface area (Å²) >= 11 is 1.75. The SMILES string of the molecule is c1ccc(-c2nc(-c3cccc4oc5ccccc5c34)nc(-c3cccc4sc5ccc(-c6nc(-c7ccccc7)nc7c6oc6ccccc67)cc5c34)n2)cc1. The van der Waals surface area contributed by atoms with Gasteiger partial charge in [-0.05, 0) is 42.5 Å². The highest BCUT2D eigenvalue weighted by molar-refractivity contribution is 7.26. The van der Waals surface area contributed by atoms with E-state index in [-0.39, 0.29) is 0 Å². The van der Waals surface area contributed by atoms with Crippen molar-refractivity contribution in [3.05, 3.63) is 164 Å². The van der Waals surface area contributed by atoms with Crippen LogP contribution in [0.15, 0.2) is 173 Å². The second-order valence-electron chi connectivity index (χ2n) is 14.0. The van der Waals surface area contributed by atoms with E-state index in [1.807, 2.05) is 109 Å². The Hall–Kier alpha value is -7.55. The van der Waals surface area contributed by atoms with Crippen LogP contribution in [0.25, 0.3) is 121 Å². The number of hydrogen-bond donors (Lipinski definition) is 0. The predicted octanol–water partition coefficient (Wildman–Crippen LogP) is 13.2. The average Bonchev–Trinajstić information content (AvgIpc) is 3.97. The molecule has 0 N–H and O–H groups in total. The molecule has 0 aliphatic heterocycles. The molecule has 5 heterocycles. The molecule has 0 saturated heterocycles. The topological polar surface area (TPSA) is 90.7 Å². The summed E-state index contributed by atoms with van der Waals surface area (Å²) in [5, 5.41) is 5.10. The van der Waals surface area contributed by atoms with Crippen LogP contribution in [0, 0.1) is 0 Å². The highest BCUT2D eigenvalue weighted by Gasteiger charge is 2.22. The van der Waals surface area contributed by atoms with Crippen molar-refractivity contribution in [3.8, 4) is 56.8 Å². The predicted molar refractivity (Wildman–Crippen MR) is 230 cm³/mol. The van der Waals surface area contributed by atoms with Gasteiger partial charge in [0.05, 0.1) is 0 Å². The summed E-state index contributed by atoms with van der Waals surface area (Å²) in [4.78, 5) is 25.8. The average molecular weight is 750 g/mol. The zero-order chi connectivity index (χ0) is 37.5. The minimum atomic E-state index is 0.579. The Bertz CT molecular complexity index is 3540.